The van der Waals surface area contributed by atoms with Crippen molar-refractivity contribution >= 4 is 5.91 Å². The Balaban J connectivity index is 1.79. The highest BCUT2D eigenvalue weighted by Crippen LogP contribution is 2.41. The Morgan fingerprint density at radius 2 is 2.04 bits per heavy atom. The van der Waals surface area contributed by atoms with E-state index in [1.165, 1.54) is 19.3 Å². The molecule has 0 bridgehead atoms. The second-order valence-electron chi connectivity index (χ2n) is 6.97. The summed E-state index contributed by atoms with van der Waals surface area (Å²) in [5, 5.41) is 3.83. The van der Waals surface area contributed by atoms with Gasteiger partial charge in [-0.05, 0) is 24.3 Å². The van der Waals surface area contributed by atoms with Crippen molar-refractivity contribution in [2.75, 3.05) is 27.4 Å². The maximum absolute atomic E-state index is 13.0. The van der Waals surface area contributed by atoms with Crippen LogP contribution in [0.1, 0.15) is 38.5 Å². The molecular weight excluding hydrogens is 312 g/mol. The van der Waals surface area contributed by atoms with E-state index in [0.717, 1.165) is 12.8 Å². The van der Waals surface area contributed by atoms with Crippen molar-refractivity contribution in [3.05, 3.63) is 10.4 Å². The number of carbonyl (C=O) groups excluding carboxylic acids is 1. The molecule has 3 fully saturated rings. The number of methoxy groups -OCH3 is 2. The molecule has 0 radical (unpaired) electrons. The maximum atomic E-state index is 13.0. The highest BCUT2D eigenvalue weighted by molar-refractivity contribution is 5.77. The highest BCUT2D eigenvalue weighted by atomic mass is 16.7. The van der Waals surface area contributed by atoms with Gasteiger partial charge in [-0.1, -0.05) is 24.4 Å². The van der Waals surface area contributed by atoms with Crippen molar-refractivity contribution in [1.82, 2.24) is 4.90 Å². The molecule has 0 aromatic heterocycles. The first kappa shape index (κ1) is 17.5. The molecule has 3 rings (SSSR count). The van der Waals surface area contributed by atoms with Crippen LogP contribution in [0, 0.1) is 5.92 Å². The molecule has 3 aliphatic rings. The van der Waals surface area contributed by atoms with Crippen molar-refractivity contribution in [3.63, 3.8) is 0 Å². The Kier molecular flexibility index (Phi) is 5.30. The van der Waals surface area contributed by atoms with Crippen LogP contribution in [0.25, 0.3) is 10.4 Å². The minimum Gasteiger partial charge on any atom is -0.370 e. The zero-order valence-corrected chi connectivity index (χ0v) is 14.4. The molecule has 8 nitrogen and oxygen atoms in total. The zero-order valence-electron chi connectivity index (χ0n) is 14.4. The lowest BCUT2D eigenvalue weighted by atomic mass is 9.86. The van der Waals surface area contributed by atoms with Gasteiger partial charge in [-0.2, -0.15) is 0 Å². The summed E-state index contributed by atoms with van der Waals surface area (Å²) in [6, 6.07) is -0.776. The van der Waals surface area contributed by atoms with E-state index in [0.29, 0.717) is 18.9 Å². The number of ether oxygens (including phenoxy) is 3. The average molecular weight is 338 g/mol. The molecule has 3 atom stereocenters. The van der Waals surface area contributed by atoms with Gasteiger partial charge in [-0.15, -0.1) is 0 Å². The summed E-state index contributed by atoms with van der Waals surface area (Å²) in [6.07, 6.45) is 6.06. The number of azide groups is 1. The van der Waals surface area contributed by atoms with Crippen LogP contribution < -0.4 is 0 Å². The number of rotatable bonds is 5. The van der Waals surface area contributed by atoms with Crippen molar-refractivity contribution in [3.8, 4) is 0 Å². The molecular formula is C16H26N4O4. The van der Waals surface area contributed by atoms with E-state index in [-0.39, 0.29) is 24.7 Å². The van der Waals surface area contributed by atoms with Gasteiger partial charge in [-0.3, -0.25) is 4.79 Å². The molecule has 1 saturated carbocycles. The van der Waals surface area contributed by atoms with Crippen LogP contribution in [0.15, 0.2) is 5.11 Å². The van der Waals surface area contributed by atoms with E-state index in [4.69, 9.17) is 19.7 Å². The Bertz CT molecular complexity index is 512. The maximum Gasteiger partial charge on any atom is 0.223 e. The third-order valence-electron chi connectivity index (χ3n) is 5.74. The minimum absolute atomic E-state index is 0.0801. The molecule has 0 aromatic carbocycles. The molecule has 0 N–H and O–H groups in total. The molecule has 24 heavy (non-hydrogen) atoms. The van der Waals surface area contributed by atoms with Gasteiger partial charge < -0.3 is 19.1 Å². The fourth-order valence-electron chi connectivity index (χ4n) is 4.42. The van der Waals surface area contributed by atoms with Gasteiger partial charge in [0.15, 0.2) is 0 Å². The molecule has 2 heterocycles. The summed E-state index contributed by atoms with van der Waals surface area (Å²) in [7, 11) is 3.11. The molecule has 2 aliphatic heterocycles. The van der Waals surface area contributed by atoms with Crippen LogP contribution in [0.5, 0.6) is 0 Å². The minimum atomic E-state index is -0.993. The Labute approximate surface area is 142 Å². The molecule has 3 unspecified atom stereocenters. The van der Waals surface area contributed by atoms with Gasteiger partial charge in [0, 0.05) is 32.1 Å². The number of hydrogen-bond acceptors (Lipinski definition) is 5. The normalized spacial score (nSPS) is 32.4. The van der Waals surface area contributed by atoms with E-state index in [9.17, 15) is 4.79 Å². The Hall–Kier alpha value is -1.34. The second kappa shape index (κ2) is 7.27. The van der Waals surface area contributed by atoms with Crippen LogP contribution in [0.4, 0.5) is 0 Å². The largest absolute Gasteiger partial charge is 0.370 e. The van der Waals surface area contributed by atoms with E-state index in [2.05, 4.69) is 10.0 Å². The summed E-state index contributed by atoms with van der Waals surface area (Å²) >= 11 is 0. The van der Waals surface area contributed by atoms with E-state index < -0.39 is 11.8 Å². The standard InChI is InChI=1S/C16H26N4O4/c1-22-16(23-2)10-24-14-12(18-19-17)9-20(15(14)16)13(21)8-11-6-4-3-5-7-11/h11-12,14-15H,3-10H2,1-2H3. The fourth-order valence-corrected chi connectivity index (χ4v) is 4.42. The van der Waals surface area contributed by atoms with Gasteiger partial charge in [0.2, 0.25) is 11.7 Å². The van der Waals surface area contributed by atoms with Crippen molar-refractivity contribution < 1.29 is 19.0 Å². The van der Waals surface area contributed by atoms with Gasteiger partial charge in [0.05, 0.1) is 12.1 Å². The molecule has 0 spiro atoms. The second-order valence-corrected chi connectivity index (χ2v) is 6.97. The summed E-state index contributed by atoms with van der Waals surface area (Å²) in [5.41, 5.74) is 8.81. The first-order valence-electron chi connectivity index (χ1n) is 8.70. The Morgan fingerprint density at radius 1 is 1.33 bits per heavy atom. The smallest absolute Gasteiger partial charge is 0.223 e. The lowest BCUT2D eigenvalue weighted by molar-refractivity contribution is -0.227. The monoisotopic (exact) mass is 338 g/mol. The quantitative estimate of drug-likeness (QED) is 0.332. The summed E-state index contributed by atoms with van der Waals surface area (Å²) in [6.45, 7) is 0.583. The number of carbonyl (C=O) groups is 1. The first-order chi connectivity index (χ1) is 11.6. The van der Waals surface area contributed by atoms with Crippen molar-refractivity contribution in [1.29, 1.82) is 0 Å². The van der Waals surface area contributed by atoms with Crippen LogP contribution in [-0.2, 0) is 19.0 Å². The topological polar surface area (TPSA) is 96.8 Å². The predicted octanol–water partition coefficient (Wildman–Crippen LogP) is 2.23. The summed E-state index contributed by atoms with van der Waals surface area (Å²) < 4.78 is 17.0. The van der Waals surface area contributed by atoms with E-state index in [1.54, 1.807) is 19.1 Å². The third-order valence-corrected chi connectivity index (χ3v) is 5.74. The van der Waals surface area contributed by atoms with Gasteiger partial charge >= 0.3 is 0 Å². The van der Waals surface area contributed by atoms with Crippen LogP contribution in [0.3, 0.4) is 0 Å². The first-order valence-corrected chi connectivity index (χ1v) is 8.70. The van der Waals surface area contributed by atoms with E-state index in [1.807, 2.05) is 0 Å². The number of hydrogen-bond donors (Lipinski definition) is 0. The molecule has 0 aromatic rings. The molecule has 2 saturated heterocycles. The fraction of sp³-hybridized carbons (Fsp3) is 0.938. The lowest BCUT2D eigenvalue weighted by Crippen LogP contribution is -2.55. The number of fused-ring (bicyclic) bond motifs is 1. The van der Waals surface area contributed by atoms with Gasteiger partial charge in [0.25, 0.3) is 0 Å². The predicted molar refractivity (Wildman–Crippen MR) is 86.1 cm³/mol. The summed E-state index contributed by atoms with van der Waals surface area (Å²) in [4.78, 5) is 17.6. The average Bonchev–Trinajstić information content (AvgIpc) is 3.15. The molecule has 8 heteroatoms. The van der Waals surface area contributed by atoms with Crippen LogP contribution in [-0.4, -0.2) is 62.2 Å². The van der Waals surface area contributed by atoms with Crippen LogP contribution >= 0.6 is 0 Å². The summed E-state index contributed by atoms with van der Waals surface area (Å²) in [5.74, 6) is -0.464. The highest BCUT2D eigenvalue weighted by Gasteiger charge is 2.61. The van der Waals surface area contributed by atoms with Gasteiger partial charge in [0.1, 0.15) is 12.6 Å². The van der Waals surface area contributed by atoms with Crippen LogP contribution in [0.2, 0.25) is 0 Å². The lowest BCUT2D eigenvalue weighted by Gasteiger charge is -2.36. The molecule has 1 aliphatic carbocycles. The van der Waals surface area contributed by atoms with E-state index >= 15 is 0 Å². The number of amides is 1. The third kappa shape index (κ3) is 2.99. The number of likely N-dealkylation sites (tertiary alicyclic amines) is 1. The molecule has 1 amide bonds. The SMILES string of the molecule is COC1(OC)COC2C(N=[N+]=[N-])CN(C(=O)CC3CCCCC3)C21. The van der Waals surface area contributed by atoms with Crippen molar-refractivity contribution in [2.24, 2.45) is 11.0 Å². The zero-order chi connectivity index (χ0) is 17.2. The Morgan fingerprint density at radius 3 is 2.67 bits per heavy atom. The number of nitrogens with zero attached hydrogens (tertiary/aromatic N) is 4. The van der Waals surface area contributed by atoms with Crippen molar-refractivity contribution in [2.45, 2.75) is 62.5 Å². The van der Waals surface area contributed by atoms with Gasteiger partial charge in [-0.25, -0.2) is 0 Å². The molecule has 134 valence electrons.